The Balaban J connectivity index is 1.34. The molecule has 4 aromatic rings. The first-order valence-electron chi connectivity index (χ1n) is 12.5. The van der Waals surface area contributed by atoms with Crippen LogP contribution in [-0.4, -0.2) is 35.2 Å². The molecule has 0 saturated heterocycles. The predicted molar refractivity (Wildman–Crippen MR) is 134 cm³/mol. The molecule has 0 bridgehead atoms. The molecule has 1 N–H and O–H groups in total. The minimum atomic E-state index is -0.569. The molecule has 1 aromatic carbocycles. The second kappa shape index (κ2) is 8.65. The second-order valence-electron chi connectivity index (χ2n) is 10.1. The van der Waals surface area contributed by atoms with Crippen molar-refractivity contribution >= 4 is 11.7 Å². The molecule has 3 heterocycles. The van der Waals surface area contributed by atoms with Crippen LogP contribution in [-0.2, 0) is 0 Å². The molecule has 3 aromatic heterocycles. The summed E-state index contributed by atoms with van der Waals surface area (Å²) in [6.07, 6.45) is 9.75. The highest BCUT2D eigenvalue weighted by Crippen LogP contribution is 2.43. The molecule has 6 rings (SSSR count). The van der Waals surface area contributed by atoms with E-state index in [-0.39, 0.29) is 11.6 Å². The Morgan fingerprint density at radius 1 is 1.11 bits per heavy atom. The van der Waals surface area contributed by atoms with E-state index in [2.05, 4.69) is 20.5 Å². The number of aromatic nitrogens is 6. The third-order valence-corrected chi connectivity index (χ3v) is 6.94. The Bertz CT molecular complexity index is 1460. The fourth-order valence-corrected chi connectivity index (χ4v) is 4.57. The first-order valence-corrected chi connectivity index (χ1v) is 12.5. The van der Waals surface area contributed by atoms with Crippen molar-refractivity contribution < 1.29 is 9.18 Å². The van der Waals surface area contributed by atoms with Crippen LogP contribution in [0.15, 0.2) is 43.1 Å². The van der Waals surface area contributed by atoms with Crippen molar-refractivity contribution in [2.75, 3.05) is 5.32 Å². The van der Waals surface area contributed by atoms with Crippen molar-refractivity contribution in [1.82, 2.24) is 29.3 Å². The molecule has 184 valence electrons. The van der Waals surface area contributed by atoms with Crippen LogP contribution < -0.4 is 5.32 Å². The fraction of sp³-hybridized carbons (Fsp3) is 0.370. The Morgan fingerprint density at radius 3 is 2.61 bits per heavy atom. The van der Waals surface area contributed by atoms with Gasteiger partial charge in [-0.1, -0.05) is 6.07 Å². The zero-order valence-corrected chi connectivity index (χ0v) is 20.6. The number of anilines is 1. The number of carbonyl (C=O) groups excluding carboxylic acids is 1. The smallest absolute Gasteiger partial charge is 0.259 e. The molecule has 2 fully saturated rings. The van der Waals surface area contributed by atoms with Gasteiger partial charge in [0.1, 0.15) is 23.7 Å². The Labute approximate surface area is 208 Å². The van der Waals surface area contributed by atoms with Crippen LogP contribution in [0.1, 0.15) is 84.6 Å². The van der Waals surface area contributed by atoms with Gasteiger partial charge < -0.3 is 14.5 Å². The molecule has 0 atom stereocenters. The summed E-state index contributed by atoms with van der Waals surface area (Å²) < 4.78 is 18.8. The quantitative estimate of drug-likeness (QED) is 0.370. The van der Waals surface area contributed by atoms with Gasteiger partial charge in [-0.15, -0.1) is 10.2 Å². The van der Waals surface area contributed by atoms with E-state index < -0.39 is 11.7 Å². The van der Waals surface area contributed by atoms with Crippen molar-refractivity contribution in [2.45, 2.75) is 64.3 Å². The summed E-state index contributed by atoms with van der Waals surface area (Å²) in [5.41, 5.74) is 4.03. The minimum absolute atomic E-state index is 0.0310. The van der Waals surface area contributed by atoms with E-state index >= 15 is 4.39 Å². The van der Waals surface area contributed by atoms with E-state index in [1.54, 1.807) is 18.7 Å². The van der Waals surface area contributed by atoms with Crippen LogP contribution in [0.2, 0.25) is 0 Å². The molecule has 0 unspecified atom stereocenters. The molecule has 9 heteroatoms. The first-order chi connectivity index (χ1) is 17.4. The average Bonchev–Trinajstić information content (AvgIpc) is 3.77. The van der Waals surface area contributed by atoms with E-state index in [9.17, 15) is 4.79 Å². The number of hydrogen-bond acceptors (Lipinski definition) is 5. The summed E-state index contributed by atoms with van der Waals surface area (Å²) in [5, 5.41) is 11.2. The molecular weight excluding hydrogens is 457 g/mol. The Hall–Kier alpha value is -3.88. The lowest BCUT2D eigenvalue weighted by Crippen LogP contribution is -2.17. The highest BCUT2D eigenvalue weighted by Gasteiger charge is 2.29. The summed E-state index contributed by atoms with van der Waals surface area (Å²) in [6.45, 7) is 5.91. The third-order valence-electron chi connectivity index (χ3n) is 6.94. The standard InChI is InChI=1S/C27H28FN7O/c1-15(2)35-14-30-33-26(35)22-9-8-19(17-4-5-17)25(31-22)32-27(36)20-11-24(16(3)10-21(20)28)34-12-23(29-13-34)18-6-7-18/h8-15,17-18H,4-7H2,1-3H3,(H,31,32,36). The van der Waals surface area contributed by atoms with E-state index in [1.807, 2.05) is 48.2 Å². The maximum absolute atomic E-state index is 15.0. The van der Waals surface area contributed by atoms with Crippen LogP contribution in [0.3, 0.4) is 0 Å². The van der Waals surface area contributed by atoms with Gasteiger partial charge in [0.2, 0.25) is 0 Å². The molecular formula is C27H28FN7O. The summed E-state index contributed by atoms with van der Waals surface area (Å²) in [4.78, 5) is 22.6. The summed E-state index contributed by atoms with van der Waals surface area (Å²) in [5.74, 6) is 0.815. The number of hydrogen-bond donors (Lipinski definition) is 1. The van der Waals surface area contributed by atoms with Gasteiger partial charge in [0.25, 0.3) is 5.91 Å². The van der Waals surface area contributed by atoms with Gasteiger partial charge in [0.15, 0.2) is 5.82 Å². The van der Waals surface area contributed by atoms with Crippen LogP contribution in [0.4, 0.5) is 10.2 Å². The number of aryl methyl sites for hydroxylation is 1. The van der Waals surface area contributed by atoms with Gasteiger partial charge in [0.05, 0.1) is 23.3 Å². The number of halogens is 1. The zero-order valence-electron chi connectivity index (χ0n) is 20.6. The number of rotatable bonds is 7. The van der Waals surface area contributed by atoms with Gasteiger partial charge in [-0.25, -0.2) is 14.4 Å². The van der Waals surface area contributed by atoms with Crippen LogP contribution in [0.5, 0.6) is 0 Å². The number of benzene rings is 1. The van der Waals surface area contributed by atoms with Crippen molar-refractivity contribution in [3.05, 3.63) is 71.3 Å². The predicted octanol–water partition coefficient (Wildman–Crippen LogP) is 5.56. The zero-order chi connectivity index (χ0) is 25.0. The molecule has 36 heavy (non-hydrogen) atoms. The number of imidazole rings is 1. The Kier molecular flexibility index (Phi) is 5.43. The second-order valence-corrected chi connectivity index (χ2v) is 10.1. The van der Waals surface area contributed by atoms with Crippen LogP contribution >= 0.6 is 0 Å². The molecule has 0 spiro atoms. The lowest BCUT2D eigenvalue weighted by molar-refractivity contribution is 0.102. The minimum Gasteiger partial charge on any atom is -0.310 e. The Morgan fingerprint density at radius 2 is 1.89 bits per heavy atom. The molecule has 0 aliphatic heterocycles. The monoisotopic (exact) mass is 485 g/mol. The molecule has 0 radical (unpaired) electrons. The largest absolute Gasteiger partial charge is 0.310 e. The number of carbonyl (C=O) groups is 1. The highest BCUT2D eigenvalue weighted by atomic mass is 19.1. The van der Waals surface area contributed by atoms with E-state index in [4.69, 9.17) is 4.98 Å². The van der Waals surface area contributed by atoms with Gasteiger partial charge in [-0.2, -0.15) is 0 Å². The molecule has 2 aliphatic carbocycles. The van der Waals surface area contributed by atoms with Crippen LogP contribution in [0.25, 0.3) is 17.2 Å². The van der Waals surface area contributed by atoms with Crippen LogP contribution in [0, 0.1) is 12.7 Å². The molecule has 2 saturated carbocycles. The van der Waals surface area contributed by atoms with E-state index in [0.29, 0.717) is 29.2 Å². The van der Waals surface area contributed by atoms with E-state index in [1.165, 1.54) is 6.07 Å². The van der Waals surface area contributed by atoms with Gasteiger partial charge in [-0.3, -0.25) is 4.79 Å². The number of amides is 1. The number of pyridine rings is 1. The first kappa shape index (κ1) is 22.6. The average molecular weight is 486 g/mol. The lowest BCUT2D eigenvalue weighted by atomic mass is 10.1. The normalized spacial score (nSPS) is 15.5. The van der Waals surface area contributed by atoms with Crippen molar-refractivity contribution in [2.24, 2.45) is 0 Å². The molecule has 1 amide bonds. The van der Waals surface area contributed by atoms with Gasteiger partial charge in [0, 0.05) is 18.2 Å². The number of nitrogens with zero attached hydrogens (tertiary/aromatic N) is 6. The van der Waals surface area contributed by atoms with Gasteiger partial charge in [-0.05, 0) is 81.7 Å². The van der Waals surface area contributed by atoms with Gasteiger partial charge >= 0.3 is 0 Å². The van der Waals surface area contributed by atoms with Crippen molar-refractivity contribution in [1.29, 1.82) is 0 Å². The van der Waals surface area contributed by atoms with Crippen molar-refractivity contribution in [3.63, 3.8) is 0 Å². The molecule has 8 nitrogen and oxygen atoms in total. The molecule has 2 aliphatic rings. The third kappa shape index (κ3) is 4.19. The summed E-state index contributed by atoms with van der Waals surface area (Å²) in [7, 11) is 0. The summed E-state index contributed by atoms with van der Waals surface area (Å²) >= 11 is 0. The highest BCUT2D eigenvalue weighted by molar-refractivity contribution is 6.05. The fourth-order valence-electron chi connectivity index (χ4n) is 4.57. The number of nitrogens with one attached hydrogen (secondary N) is 1. The van der Waals surface area contributed by atoms with Crippen molar-refractivity contribution in [3.8, 4) is 17.2 Å². The van der Waals surface area contributed by atoms with E-state index in [0.717, 1.165) is 48.2 Å². The summed E-state index contributed by atoms with van der Waals surface area (Å²) in [6, 6.07) is 7.04. The topological polar surface area (TPSA) is 90.5 Å². The maximum atomic E-state index is 15.0. The SMILES string of the molecule is Cc1cc(F)c(C(=O)Nc2nc(-c3nncn3C(C)C)ccc2C2CC2)cc1-n1cnc(C2CC2)c1. The maximum Gasteiger partial charge on any atom is 0.259 e. The lowest BCUT2D eigenvalue weighted by Gasteiger charge is -2.15.